The fourth-order valence-electron chi connectivity index (χ4n) is 0.946. The summed E-state index contributed by atoms with van der Waals surface area (Å²) in [4.78, 5) is 24.8. The average molecular weight is 260 g/mol. The number of thiazole rings is 1. The molecule has 1 unspecified atom stereocenters. The molecule has 8 nitrogen and oxygen atoms in total. The van der Waals surface area contributed by atoms with Crippen LogP contribution in [0, 0.1) is 0 Å². The summed E-state index contributed by atoms with van der Waals surface area (Å²) >= 11 is 1.22. The minimum absolute atomic E-state index is 0.106. The summed E-state index contributed by atoms with van der Waals surface area (Å²) < 4.78 is 4.49. The zero-order valence-electron chi connectivity index (χ0n) is 8.75. The Morgan fingerprint density at radius 1 is 1.65 bits per heavy atom. The van der Waals surface area contributed by atoms with Gasteiger partial charge in [0.1, 0.15) is 12.6 Å². The number of anilines is 1. The van der Waals surface area contributed by atoms with Gasteiger partial charge >= 0.3 is 12.1 Å². The fraction of sp³-hybridized carbons (Fsp3) is 0.375. The first-order valence-corrected chi connectivity index (χ1v) is 5.48. The number of rotatable bonds is 6. The number of carbonyl (C=O) groups excluding carboxylic acids is 1. The van der Waals surface area contributed by atoms with Gasteiger partial charge in [-0.05, 0) is 0 Å². The number of nitrogens with zero attached hydrogens (tertiary/aromatic N) is 1. The van der Waals surface area contributed by atoms with Gasteiger partial charge in [-0.25, -0.2) is 9.78 Å². The van der Waals surface area contributed by atoms with E-state index in [1.165, 1.54) is 11.3 Å². The van der Waals surface area contributed by atoms with Gasteiger partial charge in [-0.2, -0.15) is 0 Å². The second kappa shape index (κ2) is 6.01. The van der Waals surface area contributed by atoms with Crippen molar-refractivity contribution in [2.75, 3.05) is 18.5 Å². The van der Waals surface area contributed by atoms with Crippen molar-refractivity contribution in [2.45, 2.75) is 6.04 Å². The number of hydrogen-bond acceptors (Lipinski definition) is 7. The Hall–Kier alpha value is -1.87. The molecule has 0 fully saturated rings. The van der Waals surface area contributed by atoms with Gasteiger partial charge in [0.15, 0.2) is 5.13 Å². The highest BCUT2D eigenvalue weighted by Gasteiger charge is 2.17. The highest BCUT2D eigenvalue weighted by Crippen LogP contribution is 2.19. The molecule has 0 saturated heterocycles. The molecule has 1 aromatic rings. The van der Waals surface area contributed by atoms with Crippen LogP contribution in [-0.4, -0.2) is 35.3 Å². The Balaban J connectivity index is 2.41. The summed E-state index contributed by atoms with van der Waals surface area (Å²) in [6.45, 7) is 0.438. The van der Waals surface area contributed by atoms with Crippen molar-refractivity contribution in [1.82, 2.24) is 4.98 Å². The molecular formula is C8H12N4O4S. The van der Waals surface area contributed by atoms with Gasteiger partial charge < -0.3 is 26.6 Å². The normalized spacial score (nSPS) is 11.8. The largest absolute Gasteiger partial charge is 0.480 e. The maximum atomic E-state index is 10.6. The molecule has 0 aliphatic rings. The number of nitrogens with one attached hydrogen (secondary N) is 1. The highest BCUT2D eigenvalue weighted by molar-refractivity contribution is 7.13. The molecule has 0 radical (unpaired) electrons. The van der Waals surface area contributed by atoms with E-state index in [1.807, 2.05) is 0 Å². The summed E-state index contributed by atoms with van der Waals surface area (Å²) in [5, 5.41) is 13.6. The molecule has 1 heterocycles. The lowest BCUT2D eigenvalue weighted by Gasteiger charge is -2.03. The van der Waals surface area contributed by atoms with Crippen LogP contribution in [0.4, 0.5) is 9.93 Å². The molecule has 17 heavy (non-hydrogen) atoms. The van der Waals surface area contributed by atoms with E-state index in [-0.39, 0.29) is 12.3 Å². The molecule has 1 atom stereocenters. The van der Waals surface area contributed by atoms with E-state index in [9.17, 15) is 9.59 Å². The Morgan fingerprint density at radius 3 is 2.94 bits per heavy atom. The Labute approximate surface area is 101 Å². The zero-order valence-corrected chi connectivity index (χ0v) is 9.57. The molecule has 6 N–H and O–H groups in total. The van der Waals surface area contributed by atoms with Crippen LogP contribution in [0.25, 0.3) is 0 Å². The molecule has 0 saturated carbocycles. The Bertz CT molecular complexity index is 408. The van der Waals surface area contributed by atoms with Gasteiger partial charge in [0.05, 0.1) is 12.2 Å². The topological polar surface area (TPSA) is 141 Å². The first-order chi connectivity index (χ1) is 8.00. The smallest absolute Gasteiger partial charge is 0.404 e. The first-order valence-electron chi connectivity index (χ1n) is 4.60. The standard InChI is InChI=1S/C8H12N4O4S/c9-5(6(13)14)4-3-17-8(12-4)11-1-2-16-7(10)15/h3,5H,1-2,9H2,(H2,10,15)(H,11,12)(H,13,14). The van der Waals surface area contributed by atoms with Crippen LogP contribution in [0.5, 0.6) is 0 Å². The third-order valence-electron chi connectivity index (χ3n) is 1.73. The molecular weight excluding hydrogens is 248 g/mol. The molecule has 0 aliphatic heterocycles. The fourth-order valence-corrected chi connectivity index (χ4v) is 1.72. The van der Waals surface area contributed by atoms with Gasteiger partial charge in [0.2, 0.25) is 0 Å². The Kier molecular flexibility index (Phi) is 4.67. The number of aliphatic carboxylic acids is 1. The van der Waals surface area contributed by atoms with Crippen molar-refractivity contribution < 1.29 is 19.4 Å². The van der Waals surface area contributed by atoms with Crippen LogP contribution in [0.15, 0.2) is 5.38 Å². The van der Waals surface area contributed by atoms with Crippen LogP contribution < -0.4 is 16.8 Å². The summed E-state index contributed by atoms with van der Waals surface area (Å²) in [7, 11) is 0. The average Bonchev–Trinajstić information content (AvgIpc) is 2.71. The van der Waals surface area contributed by atoms with Crippen molar-refractivity contribution in [3.8, 4) is 0 Å². The molecule has 0 bridgehead atoms. The maximum absolute atomic E-state index is 10.6. The third kappa shape index (κ3) is 4.25. The molecule has 1 amide bonds. The summed E-state index contributed by atoms with van der Waals surface area (Å²) in [6, 6.07) is -1.14. The van der Waals surface area contributed by atoms with Gasteiger partial charge in [0, 0.05) is 5.38 Å². The summed E-state index contributed by atoms with van der Waals surface area (Å²) in [5.41, 5.74) is 10.4. The molecule has 0 aliphatic carbocycles. The second-order valence-corrected chi connectivity index (χ2v) is 3.85. The van der Waals surface area contributed by atoms with Crippen molar-refractivity contribution in [2.24, 2.45) is 11.5 Å². The predicted octanol–water partition coefficient (Wildman–Crippen LogP) is -0.265. The van der Waals surface area contributed by atoms with E-state index in [0.717, 1.165) is 0 Å². The van der Waals surface area contributed by atoms with Crippen LogP contribution in [0.2, 0.25) is 0 Å². The molecule has 9 heteroatoms. The lowest BCUT2D eigenvalue weighted by Crippen LogP contribution is -2.21. The number of hydrogen-bond donors (Lipinski definition) is 4. The van der Waals surface area contributed by atoms with Gasteiger partial charge in [-0.3, -0.25) is 4.79 Å². The number of primary amides is 1. The van der Waals surface area contributed by atoms with E-state index in [2.05, 4.69) is 15.0 Å². The van der Waals surface area contributed by atoms with E-state index in [1.54, 1.807) is 5.38 Å². The number of nitrogens with two attached hydrogens (primary N) is 2. The third-order valence-corrected chi connectivity index (χ3v) is 2.55. The van der Waals surface area contributed by atoms with E-state index >= 15 is 0 Å². The molecule has 1 aromatic heterocycles. The maximum Gasteiger partial charge on any atom is 0.404 e. The number of carboxylic acid groups (broad SMARTS) is 1. The van der Waals surface area contributed by atoms with Gasteiger partial charge in [-0.1, -0.05) is 0 Å². The molecule has 94 valence electrons. The van der Waals surface area contributed by atoms with Crippen LogP contribution in [0.1, 0.15) is 11.7 Å². The lowest BCUT2D eigenvalue weighted by atomic mass is 10.2. The minimum Gasteiger partial charge on any atom is -0.480 e. The number of aromatic nitrogens is 1. The minimum atomic E-state index is -1.14. The number of carbonyl (C=O) groups is 2. The van der Waals surface area contributed by atoms with Crippen LogP contribution >= 0.6 is 11.3 Å². The van der Waals surface area contributed by atoms with E-state index < -0.39 is 18.1 Å². The number of amides is 1. The summed E-state index contributed by atoms with van der Waals surface area (Å²) in [6.07, 6.45) is -0.848. The Morgan fingerprint density at radius 2 is 2.35 bits per heavy atom. The van der Waals surface area contributed by atoms with Crippen molar-refractivity contribution >= 4 is 28.5 Å². The van der Waals surface area contributed by atoms with Crippen molar-refractivity contribution in [3.63, 3.8) is 0 Å². The van der Waals surface area contributed by atoms with Gasteiger partial charge in [0.25, 0.3) is 0 Å². The SMILES string of the molecule is NC(=O)OCCNc1nc(C(N)C(=O)O)cs1. The lowest BCUT2D eigenvalue weighted by molar-refractivity contribution is -0.138. The summed E-state index contributed by atoms with van der Waals surface area (Å²) in [5.74, 6) is -1.14. The van der Waals surface area contributed by atoms with Crippen molar-refractivity contribution in [1.29, 1.82) is 0 Å². The molecule has 0 aromatic carbocycles. The number of carboxylic acids is 1. The number of ether oxygens (including phenoxy) is 1. The van der Waals surface area contributed by atoms with Crippen LogP contribution in [0.3, 0.4) is 0 Å². The predicted molar refractivity (Wildman–Crippen MR) is 60.7 cm³/mol. The zero-order chi connectivity index (χ0) is 12.8. The molecule has 1 rings (SSSR count). The van der Waals surface area contributed by atoms with E-state index in [4.69, 9.17) is 16.6 Å². The second-order valence-electron chi connectivity index (χ2n) is 2.99. The quantitative estimate of drug-likeness (QED) is 0.516. The van der Waals surface area contributed by atoms with Gasteiger partial charge in [-0.15, -0.1) is 11.3 Å². The van der Waals surface area contributed by atoms with E-state index in [0.29, 0.717) is 11.7 Å². The highest BCUT2D eigenvalue weighted by atomic mass is 32.1. The van der Waals surface area contributed by atoms with Crippen LogP contribution in [-0.2, 0) is 9.53 Å². The first kappa shape index (κ1) is 13.2. The molecule has 0 spiro atoms. The monoisotopic (exact) mass is 260 g/mol. The van der Waals surface area contributed by atoms with Crippen molar-refractivity contribution in [3.05, 3.63) is 11.1 Å².